The fraction of sp³-hybridized carbons (Fsp3) is 0.235. The van der Waals surface area contributed by atoms with Crippen molar-refractivity contribution in [1.82, 2.24) is 4.98 Å². The minimum Gasteiger partial charge on any atom is -0.481 e. The molecule has 118 valence electrons. The van der Waals surface area contributed by atoms with E-state index < -0.39 is 11.4 Å². The Labute approximate surface area is 141 Å². The summed E-state index contributed by atoms with van der Waals surface area (Å²) in [6.45, 7) is 0. The summed E-state index contributed by atoms with van der Waals surface area (Å²) < 4.78 is 0.821. The van der Waals surface area contributed by atoms with Crippen molar-refractivity contribution in [3.05, 3.63) is 58.2 Å². The van der Waals surface area contributed by atoms with Gasteiger partial charge >= 0.3 is 5.97 Å². The average Bonchev–Trinajstić information content (AvgIpc) is 2.47. The van der Waals surface area contributed by atoms with E-state index in [0.717, 1.165) is 10.9 Å². The molecule has 6 heteroatoms. The molecule has 1 aromatic heterocycles. The number of carbonyl (C=O) groups excluding carboxylic acids is 1. The van der Waals surface area contributed by atoms with Gasteiger partial charge in [-0.25, -0.2) is 4.98 Å². The number of hydrogen-bond donors (Lipinski definition) is 2. The lowest BCUT2D eigenvalue weighted by atomic mass is 9.65. The number of nitrogens with zero attached hydrogens (tertiary/aromatic N) is 1. The maximum absolute atomic E-state index is 12.2. The molecule has 1 aromatic carbocycles. The fourth-order valence-corrected chi connectivity index (χ4v) is 3.12. The third-order valence-corrected chi connectivity index (χ3v) is 4.75. The second-order valence-electron chi connectivity index (χ2n) is 5.64. The number of aliphatic carboxylic acids is 1. The van der Waals surface area contributed by atoms with Crippen molar-refractivity contribution in [2.45, 2.75) is 24.7 Å². The lowest BCUT2D eigenvalue weighted by Crippen LogP contribution is -2.42. The van der Waals surface area contributed by atoms with Crippen molar-refractivity contribution in [2.75, 3.05) is 5.32 Å². The van der Waals surface area contributed by atoms with Gasteiger partial charge in [0.2, 0.25) is 0 Å². The van der Waals surface area contributed by atoms with Crippen molar-refractivity contribution >= 4 is 33.6 Å². The van der Waals surface area contributed by atoms with Crippen LogP contribution in [0.1, 0.15) is 35.2 Å². The Morgan fingerprint density at radius 1 is 1.22 bits per heavy atom. The third kappa shape index (κ3) is 2.99. The number of hydrogen-bond acceptors (Lipinski definition) is 3. The van der Waals surface area contributed by atoms with Crippen LogP contribution in [-0.2, 0) is 10.2 Å². The molecule has 1 heterocycles. The maximum atomic E-state index is 12.2. The summed E-state index contributed by atoms with van der Waals surface area (Å²) in [6.07, 6.45) is 3.72. The van der Waals surface area contributed by atoms with Gasteiger partial charge in [-0.3, -0.25) is 9.59 Å². The first kappa shape index (κ1) is 15.7. The van der Waals surface area contributed by atoms with Gasteiger partial charge in [0.1, 0.15) is 5.82 Å². The van der Waals surface area contributed by atoms with E-state index in [1.807, 2.05) is 6.07 Å². The van der Waals surface area contributed by atoms with Crippen molar-refractivity contribution in [3.8, 4) is 0 Å². The van der Waals surface area contributed by atoms with E-state index in [9.17, 15) is 14.7 Å². The minimum atomic E-state index is -0.809. The van der Waals surface area contributed by atoms with E-state index in [2.05, 4.69) is 26.2 Å². The second-order valence-corrected chi connectivity index (χ2v) is 6.55. The Hall–Kier alpha value is -2.21. The van der Waals surface area contributed by atoms with Gasteiger partial charge in [0.25, 0.3) is 5.91 Å². The summed E-state index contributed by atoms with van der Waals surface area (Å²) in [5.41, 5.74) is 0.405. The van der Waals surface area contributed by atoms with Crippen LogP contribution in [0.2, 0.25) is 0 Å². The maximum Gasteiger partial charge on any atom is 0.314 e. The molecule has 0 radical (unpaired) electrons. The minimum absolute atomic E-state index is 0.261. The Morgan fingerprint density at radius 3 is 2.52 bits per heavy atom. The molecule has 0 unspecified atom stereocenters. The zero-order valence-corrected chi connectivity index (χ0v) is 13.8. The van der Waals surface area contributed by atoms with Crippen LogP contribution in [0.3, 0.4) is 0 Å². The van der Waals surface area contributed by atoms with Gasteiger partial charge in [0, 0.05) is 16.2 Å². The molecule has 5 nitrogen and oxygen atoms in total. The Bertz CT molecular complexity index is 755. The van der Waals surface area contributed by atoms with Gasteiger partial charge in [-0.05, 0) is 42.7 Å². The van der Waals surface area contributed by atoms with E-state index in [1.54, 1.807) is 36.5 Å². The highest BCUT2D eigenvalue weighted by molar-refractivity contribution is 9.10. The van der Waals surface area contributed by atoms with Crippen molar-refractivity contribution < 1.29 is 14.7 Å². The Morgan fingerprint density at radius 2 is 2.00 bits per heavy atom. The SMILES string of the molecule is O=C(Nc1ccc(C2(C(=O)O)CCC2)cn1)c1cccc(Br)c1. The number of nitrogens with one attached hydrogen (secondary N) is 1. The van der Waals surface area contributed by atoms with Crippen LogP contribution in [0.25, 0.3) is 0 Å². The van der Waals surface area contributed by atoms with Gasteiger partial charge < -0.3 is 10.4 Å². The molecule has 0 aliphatic heterocycles. The Balaban J connectivity index is 1.75. The molecule has 2 aromatic rings. The van der Waals surface area contributed by atoms with E-state index in [1.165, 1.54) is 0 Å². The largest absolute Gasteiger partial charge is 0.481 e. The van der Waals surface area contributed by atoms with Crippen molar-refractivity contribution in [2.24, 2.45) is 0 Å². The lowest BCUT2D eigenvalue weighted by Gasteiger charge is -2.37. The average molecular weight is 375 g/mol. The molecule has 1 amide bonds. The van der Waals surface area contributed by atoms with E-state index >= 15 is 0 Å². The molecule has 0 saturated heterocycles. The van der Waals surface area contributed by atoms with Crippen LogP contribution in [-0.4, -0.2) is 22.0 Å². The molecule has 2 N–H and O–H groups in total. The van der Waals surface area contributed by atoms with Gasteiger partial charge in [0.05, 0.1) is 5.41 Å². The topological polar surface area (TPSA) is 79.3 Å². The molecule has 1 saturated carbocycles. The number of benzene rings is 1. The normalized spacial score (nSPS) is 15.5. The van der Waals surface area contributed by atoms with E-state index in [-0.39, 0.29) is 5.91 Å². The Kier molecular flexibility index (Phi) is 4.17. The number of amides is 1. The fourth-order valence-electron chi connectivity index (χ4n) is 2.73. The van der Waals surface area contributed by atoms with Gasteiger partial charge in [-0.1, -0.05) is 34.5 Å². The van der Waals surface area contributed by atoms with Crippen LogP contribution in [0.4, 0.5) is 5.82 Å². The quantitative estimate of drug-likeness (QED) is 0.856. The number of anilines is 1. The first-order valence-electron chi connectivity index (χ1n) is 7.28. The molecule has 1 aliphatic carbocycles. The number of carboxylic acid groups (broad SMARTS) is 1. The van der Waals surface area contributed by atoms with Crippen LogP contribution >= 0.6 is 15.9 Å². The molecular weight excluding hydrogens is 360 g/mol. The lowest BCUT2D eigenvalue weighted by molar-refractivity contribution is -0.147. The molecule has 0 spiro atoms. The highest BCUT2D eigenvalue weighted by Crippen LogP contribution is 2.43. The molecule has 3 rings (SSSR count). The number of carboxylic acids is 1. The number of pyridine rings is 1. The number of halogens is 1. The summed E-state index contributed by atoms with van der Waals surface area (Å²) in [4.78, 5) is 27.8. The molecule has 1 fully saturated rings. The number of carbonyl (C=O) groups is 2. The molecule has 0 atom stereocenters. The van der Waals surface area contributed by atoms with Gasteiger partial charge in [-0.2, -0.15) is 0 Å². The van der Waals surface area contributed by atoms with Crippen LogP contribution in [0.5, 0.6) is 0 Å². The molecule has 0 bridgehead atoms. The summed E-state index contributed by atoms with van der Waals surface area (Å²) in [5, 5.41) is 12.1. The summed E-state index contributed by atoms with van der Waals surface area (Å²) in [5.74, 6) is -0.668. The van der Waals surface area contributed by atoms with Crippen LogP contribution in [0.15, 0.2) is 47.1 Å². The zero-order chi connectivity index (χ0) is 16.4. The van der Waals surface area contributed by atoms with E-state index in [0.29, 0.717) is 29.8 Å². The van der Waals surface area contributed by atoms with Crippen LogP contribution < -0.4 is 5.32 Å². The highest BCUT2D eigenvalue weighted by Gasteiger charge is 2.46. The number of rotatable bonds is 4. The second kappa shape index (κ2) is 6.12. The number of aromatic nitrogens is 1. The third-order valence-electron chi connectivity index (χ3n) is 4.26. The van der Waals surface area contributed by atoms with Crippen molar-refractivity contribution in [3.63, 3.8) is 0 Å². The molecule has 1 aliphatic rings. The predicted molar refractivity (Wildman–Crippen MR) is 89.5 cm³/mol. The summed E-state index contributed by atoms with van der Waals surface area (Å²) in [6, 6.07) is 10.4. The monoisotopic (exact) mass is 374 g/mol. The first-order valence-corrected chi connectivity index (χ1v) is 8.07. The van der Waals surface area contributed by atoms with Crippen LogP contribution in [0, 0.1) is 0 Å². The predicted octanol–water partition coefficient (Wildman–Crippen LogP) is 3.60. The van der Waals surface area contributed by atoms with Gasteiger partial charge in [0.15, 0.2) is 0 Å². The molecule has 23 heavy (non-hydrogen) atoms. The zero-order valence-electron chi connectivity index (χ0n) is 12.3. The van der Waals surface area contributed by atoms with Crippen molar-refractivity contribution in [1.29, 1.82) is 0 Å². The smallest absolute Gasteiger partial charge is 0.314 e. The van der Waals surface area contributed by atoms with Gasteiger partial charge in [-0.15, -0.1) is 0 Å². The first-order chi connectivity index (χ1) is 11.0. The highest BCUT2D eigenvalue weighted by atomic mass is 79.9. The summed E-state index contributed by atoms with van der Waals surface area (Å²) >= 11 is 3.32. The summed E-state index contributed by atoms with van der Waals surface area (Å²) in [7, 11) is 0. The molecular formula is C17H15BrN2O3. The standard InChI is InChI=1S/C17H15BrN2O3/c18-13-4-1-3-11(9-13)15(21)20-14-6-5-12(10-19-14)17(16(22)23)7-2-8-17/h1,3-6,9-10H,2,7-8H2,(H,22,23)(H,19,20,21). The van der Waals surface area contributed by atoms with E-state index in [4.69, 9.17) is 0 Å².